The van der Waals surface area contributed by atoms with Crippen molar-refractivity contribution in [2.75, 3.05) is 29.5 Å². The smallest absolute Gasteiger partial charge is 0.150 e. The molecule has 20 heavy (non-hydrogen) atoms. The van der Waals surface area contributed by atoms with E-state index in [2.05, 4.69) is 23.1 Å². The second-order valence-electron chi connectivity index (χ2n) is 5.89. The molecule has 110 valence electrons. The SMILES string of the molecule is NCC(C1CCCS(=O)(=O)C1)N1CCc2ccccc21. The maximum atomic E-state index is 11.9. The Morgan fingerprint density at radius 1 is 1.35 bits per heavy atom. The van der Waals surface area contributed by atoms with Crippen LogP contribution in [0.5, 0.6) is 0 Å². The van der Waals surface area contributed by atoms with Gasteiger partial charge in [0.1, 0.15) is 0 Å². The van der Waals surface area contributed by atoms with E-state index in [0.29, 0.717) is 18.1 Å². The molecule has 2 aliphatic heterocycles. The molecule has 2 aliphatic rings. The highest BCUT2D eigenvalue weighted by Crippen LogP contribution is 2.33. The van der Waals surface area contributed by atoms with Gasteiger partial charge in [-0.25, -0.2) is 8.42 Å². The molecule has 0 spiro atoms. The summed E-state index contributed by atoms with van der Waals surface area (Å²) >= 11 is 0. The minimum Gasteiger partial charge on any atom is -0.366 e. The normalized spacial score (nSPS) is 26.2. The van der Waals surface area contributed by atoms with Crippen molar-refractivity contribution in [1.29, 1.82) is 0 Å². The zero-order valence-corrected chi connectivity index (χ0v) is 12.5. The van der Waals surface area contributed by atoms with Crippen molar-refractivity contribution in [3.05, 3.63) is 29.8 Å². The van der Waals surface area contributed by atoms with E-state index in [4.69, 9.17) is 5.73 Å². The first-order valence-electron chi connectivity index (χ1n) is 7.36. The molecule has 0 amide bonds. The molecular formula is C15H22N2O2S. The van der Waals surface area contributed by atoms with Gasteiger partial charge in [-0.1, -0.05) is 18.2 Å². The summed E-state index contributed by atoms with van der Waals surface area (Å²) in [5.41, 5.74) is 8.59. The molecule has 1 fully saturated rings. The van der Waals surface area contributed by atoms with Crippen LogP contribution in [0.1, 0.15) is 18.4 Å². The van der Waals surface area contributed by atoms with Crippen molar-refractivity contribution in [2.24, 2.45) is 11.7 Å². The lowest BCUT2D eigenvalue weighted by Crippen LogP contribution is -2.48. The van der Waals surface area contributed by atoms with E-state index < -0.39 is 9.84 Å². The highest BCUT2D eigenvalue weighted by Gasteiger charge is 2.35. The topological polar surface area (TPSA) is 63.4 Å². The van der Waals surface area contributed by atoms with Crippen LogP contribution in [0.4, 0.5) is 5.69 Å². The van der Waals surface area contributed by atoms with Crippen LogP contribution in [0.3, 0.4) is 0 Å². The third-order valence-electron chi connectivity index (χ3n) is 4.61. The van der Waals surface area contributed by atoms with Gasteiger partial charge in [0.25, 0.3) is 0 Å². The molecule has 0 saturated carbocycles. The molecule has 0 radical (unpaired) electrons. The lowest BCUT2D eigenvalue weighted by Gasteiger charge is -2.37. The van der Waals surface area contributed by atoms with Gasteiger partial charge in [0.15, 0.2) is 9.84 Å². The van der Waals surface area contributed by atoms with Gasteiger partial charge in [-0.15, -0.1) is 0 Å². The quantitative estimate of drug-likeness (QED) is 0.910. The van der Waals surface area contributed by atoms with Gasteiger partial charge < -0.3 is 10.6 Å². The van der Waals surface area contributed by atoms with Gasteiger partial charge in [0.2, 0.25) is 0 Å². The van der Waals surface area contributed by atoms with Crippen LogP contribution < -0.4 is 10.6 Å². The van der Waals surface area contributed by atoms with Crippen molar-refractivity contribution in [3.8, 4) is 0 Å². The second kappa shape index (κ2) is 5.37. The summed E-state index contributed by atoms with van der Waals surface area (Å²) in [5.74, 6) is 0.815. The van der Waals surface area contributed by atoms with Crippen molar-refractivity contribution in [2.45, 2.75) is 25.3 Å². The maximum Gasteiger partial charge on any atom is 0.150 e. The number of fused-ring (bicyclic) bond motifs is 1. The van der Waals surface area contributed by atoms with E-state index in [0.717, 1.165) is 25.8 Å². The predicted octanol–water partition coefficient (Wildman–Crippen LogP) is 1.20. The molecule has 1 saturated heterocycles. The van der Waals surface area contributed by atoms with E-state index in [1.807, 2.05) is 6.07 Å². The molecule has 2 unspecified atom stereocenters. The van der Waals surface area contributed by atoms with Crippen molar-refractivity contribution < 1.29 is 8.42 Å². The van der Waals surface area contributed by atoms with E-state index in [1.54, 1.807) is 0 Å². The average molecular weight is 294 g/mol. The monoisotopic (exact) mass is 294 g/mol. The number of nitrogens with zero attached hydrogens (tertiary/aromatic N) is 1. The maximum absolute atomic E-state index is 11.9. The molecule has 1 aromatic rings. The van der Waals surface area contributed by atoms with Crippen molar-refractivity contribution in [3.63, 3.8) is 0 Å². The number of rotatable bonds is 3. The van der Waals surface area contributed by atoms with Crippen LogP contribution in [0.2, 0.25) is 0 Å². The first-order valence-corrected chi connectivity index (χ1v) is 9.18. The number of para-hydroxylation sites is 1. The number of anilines is 1. The summed E-state index contributed by atoms with van der Waals surface area (Å²) < 4.78 is 23.8. The first-order chi connectivity index (χ1) is 9.61. The van der Waals surface area contributed by atoms with Gasteiger partial charge in [-0.3, -0.25) is 0 Å². The lowest BCUT2D eigenvalue weighted by atomic mass is 9.94. The third-order valence-corrected chi connectivity index (χ3v) is 6.45. The standard InChI is InChI=1S/C15H22N2O2S/c16-10-15(13-5-3-9-20(18,19)11-13)17-8-7-12-4-1-2-6-14(12)17/h1-2,4,6,13,15H,3,5,7-11,16H2. The zero-order chi connectivity index (χ0) is 14.2. The Balaban J connectivity index is 1.84. The fourth-order valence-corrected chi connectivity index (χ4v) is 5.46. The molecule has 3 rings (SSSR count). The van der Waals surface area contributed by atoms with Crippen LogP contribution in [-0.4, -0.2) is 39.1 Å². The Kier molecular flexibility index (Phi) is 3.73. The van der Waals surface area contributed by atoms with Crippen LogP contribution in [0.15, 0.2) is 24.3 Å². The number of hydrogen-bond donors (Lipinski definition) is 1. The van der Waals surface area contributed by atoms with Crippen LogP contribution >= 0.6 is 0 Å². The third kappa shape index (κ3) is 2.56. The summed E-state index contributed by atoms with van der Waals surface area (Å²) in [5, 5.41) is 0. The van der Waals surface area contributed by atoms with Crippen molar-refractivity contribution >= 4 is 15.5 Å². The molecule has 2 atom stereocenters. The van der Waals surface area contributed by atoms with Crippen LogP contribution in [0, 0.1) is 5.92 Å². The fourth-order valence-electron chi connectivity index (χ4n) is 3.64. The fraction of sp³-hybridized carbons (Fsp3) is 0.600. The van der Waals surface area contributed by atoms with Gasteiger partial charge in [0.05, 0.1) is 11.5 Å². The summed E-state index contributed by atoms with van der Waals surface area (Å²) in [4.78, 5) is 2.33. The van der Waals surface area contributed by atoms with Gasteiger partial charge in [0, 0.05) is 24.8 Å². The van der Waals surface area contributed by atoms with Crippen LogP contribution in [-0.2, 0) is 16.3 Å². The highest BCUT2D eigenvalue weighted by atomic mass is 32.2. The Bertz CT molecular complexity index is 585. The first kappa shape index (κ1) is 13.9. The Hall–Kier alpha value is -1.07. The molecule has 0 aliphatic carbocycles. The van der Waals surface area contributed by atoms with E-state index in [-0.39, 0.29) is 12.0 Å². The predicted molar refractivity (Wildman–Crippen MR) is 81.7 cm³/mol. The minimum atomic E-state index is -2.88. The Morgan fingerprint density at radius 3 is 2.90 bits per heavy atom. The minimum absolute atomic E-state index is 0.147. The Morgan fingerprint density at radius 2 is 2.15 bits per heavy atom. The number of sulfone groups is 1. The molecule has 0 aromatic heterocycles. The second-order valence-corrected chi connectivity index (χ2v) is 8.12. The molecule has 5 heteroatoms. The van der Waals surface area contributed by atoms with E-state index in [9.17, 15) is 8.42 Å². The molecule has 2 heterocycles. The molecule has 0 bridgehead atoms. The molecule has 1 aromatic carbocycles. The number of hydrogen-bond acceptors (Lipinski definition) is 4. The number of benzene rings is 1. The van der Waals surface area contributed by atoms with Crippen LogP contribution in [0.25, 0.3) is 0 Å². The lowest BCUT2D eigenvalue weighted by molar-refractivity contribution is 0.393. The van der Waals surface area contributed by atoms with Gasteiger partial charge in [-0.05, 0) is 36.8 Å². The van der Waals surface area contributed by atoms with E-state index >= 15 is 0 Å². The van der Waals surface area contributed by atoms with Gasteiger partial charge in [-0.2, -0.15) is 0 Å². The summed E-state index contributed by atoms with van der Waals surface area (Å²) in [7, 11) is -2.88. The summed E-state index contributed by atoms with van der Waals surface area (Å²) in [6.07, 6.45) is 2.78. The van der Waals surface area contributed by atoms with E-state index in [1.165, 1.54) is 11.3 Å². The largest absolute Gasteiger partial charge is 0.366 e. The Labute approximate surface area is 120 Å². The van der Waals surface area contributed by atoms with Crippen molar-refractivity contribution in [1.82, 2.24) is 0 Å². The van der Waals surface area contributed by atoms with Gasteiger partial charge >= 0.3 is 0 Å². The highest BCUT2D eigenvalue weighted by molar-refractivity contribution is 7.91. The average Bonchev–Trinajstić information content (AvgIpc) is 2.83. The molecule has 2 N–H and O–H groups in total. The zero-order valence-electron chi connectivity index (χ0n) is 11.7. The molecular weight excluding hydrogens is 272 g/mol. The summed E-state index contributed by atoms with van der Waals surface area (Å²) in [6, 6.07) is 8.53. The molecule has 4 nitrogen and oxygen atoms in total. The number of nitrogens with two attached hydrogens (primary N) is 1. The summed E-state index contributed by atoms with van der Waals surface area (Å²) in [6.45, 7) is 1.48.